The monoisotopic (exact) mass is 434 g/mol. The zero-order valence-corrected chi connectivity index (χ0v) is 16.7. The number of halogens is 2. The van der Waals surface area contributed by atoms with Crippen molar-refractivity contribution in [3.05, 3.63) is 83.1 Å². The molecule has 3 aromatic carbocycles. The summed E-state index contributed by atoms with van der Waals surface area (Å²) in [6.45, 7) is 0. The molecule has 0 bridgehead atoms. The van der Waals surface area contributed by atoms with Crippen LogP contribution in [0.5, 0.6) is 5.75 Å². The van der Waals surface area contributed by atoms with Gasteiger partial charge in [-0.3, -0.25) is 9.52 Å². The van der Waals surface area contributed by atoms with Gasteiger partial charge in [-0.05, 0) is 48.5 Å². The summed E-state index contributed by atoms with van der Waals surface area (Å²) in [4.78, 5) is 12.2. The topological polar surface area (TPSA) is 84.5 Å². The molecule has 6 nitrogen and oxygen atoms in total. The van der Waals surface area contributed by atoms with Crippen molar-refractivity contribution in [1.82, 2.24) is 0 Å². The van der Waals surface area contributed by atoms with E-state index in [0.717, 1.165) is 6.07 Å². The second-order valence-corrected chi connectivity index (χ2v) is 7.97. The Kier molecular flexibility index (Phi) is 6.05. The van der Waals surface area contributed by atoms with Gasteiger partial charge in [0.2, 0.25) is 0 Å². The first-order valence-electron chi connectivity index (χ1n) is 8.33. The molecule has 0 saturated carbocycles. The van der Waals surface area contributed by atoms with Gasteiger partial charge in [0.15, 0.2) is 0 Å². The molecule has 0 aliphatic heterocycles. The number of amides is 1. The molecule has 150 valence electrons. The van der Waals surface area contributed by atoms with Crippen molar-refractivity contribution in [2.75, 3.05) is 17.1 Å². The van der Waals surface area contributed by atoms with Crippen molar-refractivity contribution in [3.63, 3.8) is 0 Å². The summed E-state index contributed by atoms with van der Waals surface area (Å²) < 4.78 is 46.6. The second kappa shape index (κ2) is 8.50. The van der Waals surface area contributed by atoms with E-state index in [1.807, 2.05) is 0 Å². The van der Waals surface area contributed by atoms with E-state index in [-0.39, 0.29) is 21.2 Å². The predicted molar refractivity (Wildman–Crippen MR) is 110 cm³/mol. The number of rotatable bonds is 6. The molecule has 29 heavy (non-hydrogen) atoms. The highest BCUT2D eigenvalue weighted by Crippen LogP contribution is 2.27. The molecule has 0 radical (unpaired) electrons. The highest BCUT2D eigenvalue weighted by Gasteiger charge is 2.18. The summed E-state index contributed by atoms with van der Waals surface area (Å²) in [5, 5.41) is 2.46. The highest BCUT2D eigenvalue weighted by atomic mass is 35.5. The van der Waals surface area contributed by atoms with Crippen LogP contribution in [0.4, 0.5) is 15.8 Å². The van der Waals surface area contributed by atoms with Gasteiger partial charge in [-0.1, -0.05) is 29.8 Å². The number of methoxy groups -OCH3 is 1. The first-order chi connectivity index (χ1) is 13.8. The van der Waals surface area contributed by atoms with Crippen LogP contribution in [0.25, 0.3) is 0 Å². The number of hydrogen-bond donors (Lipinski definition) is 2. The van der Waals surface area contributed by atoms with Crippen LogP contribution in [0.2, 0.25) is 5.02 Å². The van der Waals surface area contributed by atoms with Crippen LogP contribution in [0.3, 0.4) is 0 Å². The quantitative estimate of drug-likeness (QED) is 0.596. The van der Waals surface area contributed by atoms with E-state index in [9.17, 15) is 17.6 Å². The molecule has 0 aliphatic rings. The van der Waals surface area contributed by atoms with E-state index in [1.54, 1.807) is 24.3 Å². The maximum absolute atomic E-state index is 13.8. The molecule has 0 unspecified atom stereocenters. The number of carbonyl (C=O) groups excluding carboxylic acids is 1. The van der Waals surface area contributed by atoms with Crippen molar-refractivity contribution in [2.24, 2.45) is 0 Å². The third kappa shape index (κ3) is 4.67. The molecular weight excluding hydrogens is 419 g/mol. The lowest BCUT2D eigenvalue weighted by molar-refractivity contribution is 0.102. The van der Waals surface area contributed by atoms with Crippen molar-refractivity contribution in [3.8, 4) is 5.75 Å². The Balaban J connectivity index is 1.78. The van der Waals surface area contributed by atoms with Gasteiger partial charge in [-0.15, -0.1) is 0 Å². The fraction of sp³-hybridized carbons (Fsp3) is 0.0500. The standard InChI is InChI=1S/C20H16ClFN2O4S/c1-28-18-8-3-2-7-17(18)24-29(26,27)14-11-9-13(10-12-14)23-20(25)19-15(21)5-4-6-16(19)22/h2-12,24H,1H3,(H,23,25). The van der Waals surface area contributed by atoms with Gasteiger partial charge >= 0.3 is 0 Å². The van der Waals surface area contributed by atoms with Gasteiger partial charge in [-0.25, -0.2) is 12.8 Å². The summed E-state index contributed by atoms with van der Waals surface area (Å²) >= 11 is 5.88. The second-order valence-electron chi connectivity index (χ2n) is 5.88. The third-order valence-corrected chi connectivity index (χ3v) is 5.66. The molecule has 3 rings (SSSR count). The first-order valence-corrected chi connectivity index (χ1v) is 10.2. The van der Waals surface area contributed by atoms with E-state index in [2.05, 4.69) is 10.0 Å². The minimum absolute atomic E-state index is 0.0228. The molecule has 0 aromatic heterocycles. The Morgan fingerprint density at radius 3 is 2.34 bits per heavy atom. The van der Waals surface area contributed by atoms with Crippen LogP contribution in [0.1, 0.15) is 10.4 Å². The Bertz CT molecular complexity index is 1130. The van der Waals surface area contributed by atoms with E-state index in [4.69, 9.17) is 16.3 Å². The predicted octanol–water partition coefficient (Wildman–Crippen LogP) is 4.54. The van der Waals surface area contributed by atoms with E-state index in [0.29, 0.717) is 11.4 Å². The normalized spacial score (nSPS) is 11.0. The Labute approximate surface area is 172 Å². The summed E-state index contributed by atoms with van der Waals surface area (Å²) in [7, 11) is -2.44. The SMILES string of the molecule is COc1ccccc1NS(=O)(=O)c1ccc(NC(=O)c2c(F)cccc2Cl)cc1. The maximum Gasteiger partial charge on any atom is 0.262 e. The maximum atomic E-state index is 13.8. The van der Waals surface area contributed by atoms with E-state index < -0.39 is 21.7 Å². The van der Waals surface area contributed by atoms with Crippen LogP contribution in [0, 0.1) is 5.82 Å². The lowest BCUT2D eigenvalue weighted by Crippen LogP contribution is -2.15. The van der Waals surface area contributed by atoms with Crippen LogP contribution in [-0.2, 0) is 10.0 Å². The molecule has 0 heterocycles. The minimum atomic E-state index is -3.88. The number of para-hydroxylation sites is 2. The summed E-state index contributed by atoms with van der Waals surface area (Å²) in [6, 6.07) is 15.9. The Morgan fingerprint density at radius 1 is 1.00 bits per heavy atom. The van der Waals surface area contributed by atoms with Gasteiger partial charge in [-0.2, -0.15) is 0 Å². The van der Waals surface area contributed by atoms with Crippen molar-refractivity contribution >= 4 is 38.9 Å². The van der Waals surface area contributed by atoms with Crippen molar-refractivity contribution in [2.45, 2.75) is 4.90 Å². The van der Waals surface area contributed by atoms with Crippen LogP contribution >= 0.6 is 11.6 Å². The molecule has 0 saturated heterocycles. The molecular formula is C20H16ClFN2O4S. The minimum Gasteiger partial charge on any atom is -0.495 e. The molecule has 0 spiro atoms. The van der Waals surface area contributed by atoms with Crippen LogP contribution < -0.4 is 14.8 Å². The number of nitrogens with one attached hydrogen (secondary N) is 2. The Hall–Kier alpha value is -3.10. The molecule has 2 N–H and O–H groups in total. The number of ether oxygens (including phenoxy) is 1. The molecule has 3 aromatic rings. The average Bonchev–Trinajstić information content (AvgIpc) is 2.68. The zero-order chi connectivity index (χ0) is 21.0. The highest BCUT2D eigenvalue weighted by molar-refractivity contribution is 7.92. The zero-order valence-electron chi connectivity index (χ0n) is 15.1. The van der Waals surface area contributed by atoms with Crippen molar-refractivity contribution in [1.29, 1.82) is 0 Å². The van der Waals surface area contributed by atoms with E-state index >= 15 is 0 Å². The molecule has 9 heteroatoms. The largest absolute Gasteiger partial charge is 0.495 e. The number of hydrogen-bond acceptors (Lipinski definition) is 4. The summed E-state index contributed by atoms with van der Waals surface area (Å²) in [5.74, 6) is -1.12. The van der Waals surface area contributed by atoms with Crippen LogP contribution in [-0.4, -0.2) is 21.4 Å². The Morgan fingerprint density at radius 2 is 1.69 bits per heavy atom. The smallest absolute Gasteiger partial charge is 0.262 e. The van der Waals surface area contributed by atoms with Gasteiger partial charge in [0.25, 0.3) is 15.9 Å². The number of sulfonamides is 1. The molecule has 0 aliphatic carbocycles. The fourth-order valence-corrected chi connectivity index (χ4v) is 3.88. The fourth-order valence-electron chi connectivity index (χ4n) is 2.56. The lowest BCUT2D eigenvalue weighted by Gasteiger charge is -2.12. The van der Waals surface area contributed by atoms with Crippen LogP contribution in [0.15, 0.2) is 71.6 Å². The molecule has 1 amide bonds. The number of benzene rings is 3. The summed E-state index contributed by atoms with van der Waals surface area (Å²) in [5.41, 5.74) is 0.288. The number of anilines is 2. The van der Waals surface area contributed by atoms with Gasteiger partial charge in [0.05, 0.1) is 28.3 Å². The summed E-state index contributed by atoms with van der Waals surface area (Å²) in [6.07, 6.45) is 0. The lowest BCUT2D eigenvalue weighted by atomic mass is 10.2. The average molecular weight is 435 g/mol. The first kappa shape index (κ1) is 20.6. The van der Waals surface area contributed by atoms with Gasteiger partial charge < -0.3 is 10.1 Å². The van der Waals surface area contributed by atoms with E-state index in [1.165, 1.54) is 43.5 Å². The molecule has 0 atom stereocenters. The number of carbonyl (C=O) groups is 1. The van der Waals surface area contributed by atoms with Gasteiger partial charge in [0, 0.05) is 5.69 Å². The third-order valence-electron chi connectivity index (χ3n) is 3.96. The molecule has 0 fully saturated rings. The van der Waals surface area contributed by atoms with Crippen molar-refractivity contribution < 1.29 is 22.3 Å². The van der Waals surface area contributed by atoms with Gasteiger partial charge in [0.1, 0.15) is 11.6 Å².